The molecule has 1 aromatic carbocycles. The normalized spacial score (nSPS) is 18.8. The number of carbonyl (C=O) groups excluding carboxylic acids is 1. The molecule has 0 radical (unpaired) electrons. The Morgan fingerprint density at radius 2 is 2.25 bits per heavy atom. The molecule has 0 fully saturated rings. The Hall–Kier alpha value is -2.21. The Bertz CT molecular complexity index is 774. The molecule has 0 saturated carbocycles. The zero-order chi connectivity index (χ0) is 16.5. The summed E-state index contributed by atoms with van der Waals surface area (Å²) in [5.74, 6) is 2.24. The zero-order valence-electron chi connectivity index (χ0n) is 13.1. The molecule has 2 aromatic rings. The number of rotatable bonds is 3. The largest absolute Gasteiger partial charge is 0.486 e. The number of ether oxygens (including phenoxy) is 2. The first kappa shape index (κ1) is 15.3. The van der Waals surface area contributed by atoms with Crippen LogP contribution in [0.2, 0.25) is 5.02 Å². The zero-order valence-corrected chi connectivity index (χ0v) is 13.9. The van der Waals surface area contributed by atoms with Crippen LogP contribution in [0, 0.1) is 0 Å². The number of benzene rings is 1. The minimum atomic E-state index is -0.0173. The van der Waals surface area contributed by atoms with Crippen molar-refractivity contribution in [1.82, 2.24) is 14.9 Å². The second-order valence-corrected chi connectivity index (χ2v) is 6.48. The van der Waals surface area contributed by atoms with E-state index in [1.54, 1.807) is 12.3 Å². The molecule has 126 valence electrons. The Morgan fingerprint density at radius 3 is 3.17 bits per heavy atom. The lowest BCUT2D eigenvalue weighted by atomic mass is 10.1. The summed E-state index contributed by atoms with van der Waals surface area (Å²) < 4.78 is 13.1. The lowest BCUT2D eigenvalue weighted by molar-refractivity contribution is -0.121. The summed E-state index contributed by atoms with van der Waals surface area (Å²) in [4.78, 5) is 16.7. The molecule has 7 heteroatoms. The number of hydrogen-bond donors (Lipinski definition) is 1. The predicted molar refractivity (Wildman–Crippen MR) is 88.6 cm³/mol. The number of aromatic nitrogens is 2. The highest BCUT2D eigenvalue weighted by atomic mass is 35.5. The molecule has 24 heavy (non-hydrogen) atoms. The molecule has 0 spiro atoms. The van der Waals surface area contributed by atoms with Crippen molar-refractivity contribution in [3.05, 3.63) is 40.9 Å². The summed E-state index contributed by atoms with van der Waals surface area (Å²) in [7, 11) is 0. The molecule has 1 atom stereocenters. The SMILES string of the molecule is O=C(Cc1cc(Cl)c2c(c1)OCCO2)NC1CCc2nccn2C1. The van der Waals surface area contributed by atoms with Gasteiger partial charge in [0.25, 0.3) is 0 Å². The van der Waals surface area contributed by atoms with Gasteiger partial charge in [-0.3, -0.25) is 4.79 Å². The van der Waals surface area contributed by atoms with Gasteiger partial charge in [0.1, 0.15) is 19.0 Å². The molecule has 0 saturated heterocycles. The average molecular weight is 348 g/mol. The first-order chi connectivity index (χ1) is 11.7. The van der Waals surface area contributed by atoms with Crippen LogP contribution in [0.3, 0.4) is 0 Å². The number of carbonyl (C=O) groups is 1. The third-order valence-electron chi connectivity index (χ3n) is 4.32. The molecule has 1 amide bonds. The van der Waals surface area contributed by atoms with Crippen molar-refractivity contribution in [2.75, 3.05) is 13.2 Å². The fraction of sp³-hybridized carbons (Fsp3) is 0.412. The van der Waals surface area contributed by atoms with Gasteiger partial charge in [-0.2, -0.15) is 0 Å². The summed E-state index contributed by atoms with van der Waals surface area (Å²) in [6, 6.07) is 3.73. The van der Waals surface area contributed by atoms with Crippen LogP contribution in [0.5, 0.6) is 11.5 Å². The third-order valence-corrected chi connectivity index (χ3v) is 4.60. The molecular weight excluding hydrogens is 330 g/mol. The van der Waals surface area contributed by atoms with E-state index in [0.717, 1.165) is 30.8 Å². The first-order valence-electron chi connectivity index (χ1n) is 8.06. The molecule has 1 N–H and O–H groups in total. The molecule has 1 aromatic heterocycles. The topological polar surface area (TPSA) is 65.4 Å². The van der Waals surface area contributed by atoms with Crippen molar-refractivity contribution < 1.29 is 14.3 Å². The van der Waals surface area contributed by atoms with Crippen molar-refractivity contribution >= 4 is 17.5 Å². The molecule has 0 aliphatic carbocycles. The molecule has 0 bridgehead atoms. The highest BCUT2D eigenvalue weighted by Gasteiger charge is 2.21. The molecule has 6 nitrogen and oxygen atoms in total. The van der Waals surface area contributed by atoms with Gasteiger partial charge in [0.2, 0.25) is 5.91 Å². The highest BCUT2D eigenvalue weighted by Crippen LogP contribution is 2.38. The number of nitrogens with one attached hydrogen (secondary N) is 1. The smallest absolute Gasteiger partial charge is 0.224 e. The number of amides is 1. The quantitative estimate of drug-likeness (QED) is 0.922. The fourth-order valence-corrected chi connectivity index (χ4v) is 3.50. The molecule has 2 aliphatic rings. The van der Waals surface area contributed by atoms with Gasteiger partial charge in [-0.05, 0) is 24.1 Å². The number of hydrogen-bond acceptors (Lipinski definition) is 4. The van der Waals surface area contributed by atoms with Gasteiger partial charge in [0.05, 0.1) is 11.4 Å². The minimum Gasteiger partial charge on any atom is -0.486 e. The van der Waals surface area contributed by atoms with Crippen molar-refractivity contribution in [1.29, 1.82) is 0 Å². The summed E-state index contributed by atoms with van der Waals surface area (Å²) >= 11 is 6.22. The van der Waals surface area contributed by atoms with Gasteiger partial charge in [-0.15, -0.1) is 0 Å². The minimum absolute atomic E-state index is 0.0173. The summed E-state index contributed by atoms with van der Waals surface area (Å²) in [5.41, 5.74) is 0.820. The van der Waals surface area contributed by atoms with E-state index in [1.165, 1.54) is 0 Å². The Labute approximate surface area is 144 Å². The summed E-state index contributed by atoms with van der Waals surface area (Å²) in [5, 5.41) is 3.58. The number of aryl methyl sites for hydroxylation is 1. The van der Waals surface area contributed by atoms with Gasteiger partial charge >= 0.3 is 0 Å². The Morgan fingerprint density at radius 1 is 1.38 bits per heavy atom. The van der Waals surface area contributed by atoms with Crippen LogP contribution in [-0.2, 0) is 24.2 Å². The van der Waals surface area contributed by atoms with E-state index in [1.807, 2.05) is 12.3 Å². The van der Waals surface area contributed by atoms with E-state index in [0.29, 0.717) is 29.7 Å². The molecule has 1 unspecified atom stereocenters. The van der Waals surface area contributed by atoms with Gasteiger partial charge in [0.15, 0.2) is 11.5 Å². The van der Waals surface area contributed by atoms with Crippen LogP contribution in [0.1, 0.15) is 17.8 Å². The number of imidazole rings is 1. The van der Waals surface area contributed by atoms with Crippen LogP contribution >= 0.6 is 11.6 Å². The maximum Gasteiger partial charge on any atom is 0.224 e. The van der Waals surface area contributed by atoms with E-state index in [-0.39, 0.29) is 18.4 Å². The van der Waals surface area contributed by atoms with Gasteiger partial charge in [0, 0.05) is 31.4 Å². The Balaban J connectivity index is 1.41. The van der Waals surface area contributed by atoms with Gasteiger partial charge in [-0.25, -0.2) is 4.98 Å². The van der Waals surface area contributed by atoms with Crippen LogP contribution in [0.15, 0.2) is 24.5 Å². The maximum atomic E-state index is 12.4. The van der Waals surface area contributed by atoms with Crippen molar-refractivity contribution in [3.8, 4) is 11.5 Å². The number of fused-ring (bicyclic) bond motifs is 2. The molecule has 4 rings (SSSR count). The standard InChI is InChI=1S/C17H18ClN3O3/c18-13-7-11(8-14-17(13)24-6-5-23-14)9-16(22)20-12-1-2-15-19-3-4-21(15)10-12/h3-4,7-8,12H,1-2,5-6,9-10H2,(H,20,22). The fourth-order valence-electron chi connectivity index (χ4n) is 3.21. The van der Waals surface area contributed by atoms with E-state index >= 15 is 0 Å². The van der Waals surface area contributed by atoms with E-state index < -0.39 is 0 Å². The van der Waals surface area contributed by atoms with E-state index in [4.69, 9.17) is 21.1 Å². The monoisotopic (exact) mass is 347 g/mol. The van der Waals surface area contributed by atoms with E-state index in [9.17, 15) is 4.79 Å². The summed E-state index contributed by atoms with van der Waals surface area (Å²) in [6.45, 7) is 1.75. The predicted octanol–water partition coefficient (Wildman–Crippen LogP) is 1.98. The lowest BCUT2D eigenvalue weighted by Gasteiger charge is -2.25. The average Bonchev–Trinajstić information content (AvgIpc) is 3.02. The van der Waals surface area contributed by atoms with Crippen molar-refractivity contribution in [3.63, 3.8) is 0 Å². The first-order valence-corrected chi connectivity index (χ1v) is 8.44. The maximum absolute atomic E-state index is 12.4. The van der Waals surface area contributed by atoms with Crippen LogP contribution < -0.4 is 14.8 Å². The van der Waals surface area contributed by atoms with Crippen LogP contribution in [0.4, 0.5) is 0 Å². The number of halogens is 1. The van der Waals surface area contributed by atoms with Crippen molar-refractivity contribution in [2.24, 2.45) is 0 Å². The van der Waals surface area contributed by atoms with Gasteiger partial charge < -0.3 is 19.4 Å². The van der Waals surface area contributed by atoms with Gasteiger partial charge in [-0.1, -0.05) is 11.6 Å². The van der Waals surface area contributed by atoms with Crippen molar-refractivity contribution in [2.45, 2.75) is 31.8 Å². The molecular formula is C17H18ClN3O3. The number of nitrogens with zero attached hydrogens (tertiary/aromatic N) is 2. The molecule has 3 heterocycles. The lowest BCUT2D eigenvalue weighted by Crippen LogP contribution is -2.41. The highest BCUT2D eigenvalue weighted by molar-refractivity contribution is 6.32. The second kappa shape index (κ2) is 6.36. The van der Waals surface area contributed by atoms with E-state index in [2.05, 4.69) is 14.9 Å². The second-order valence-electron chi connectivity index (χ2n) is 6.08. The third kappa shape index (κ3) is 3.06. The summed E-state index contributed by atoms with van der Waals surface area (Å²) in [6.07, 6.45) is 5.81. The van der Waals surface area contributed by atoms with Crippen LogP contribution in [0.25, 0.3) is 0 Å². The molecule has 2 aliphatic heterocycles. The Kier molecular flexibility index (Phi) is 4.06. The van der Waals surface area contributed by atoms with Crippen LogP contribution in [-0.4, -0.2) is 34.7 Å².